The summed E-state index contributed by atoms with van der Waals surface area (Å²) in [4.78, 5) is 31.2. The summed E-state index contributed by atoms with van der Waals surface area (Å²) in [6.07, 6.45) is 1.65. The zero-order chi connectivity index (χ0) is 23.2. The third-order valence-electron chi connectivity index (χ3n) is 4.85. The molecule has 4 rings (SSSR count). The first-order chi connectivity index (χ1) is 15.2. The zero-order valence-corrected chi connectivity index (χ0v) is 22.3. The Morgan fingerprint density at radius 2 is 2.12 bits per heavy atom. The number of hydrogen-bond acceptors (Lipinski definition) is 7. The van der Waals surface area contributed by atoms with Gasteiger partial charge in [0, 0.05) is 39.3 Å². The smallest absolute Gasteiger partial charge is 0.338 e. The highest BCUT2D eigenvalue weighted by Gasteiger charge is 2.35. The van der Waals surface area contributed by atoms with Gasteiger partial charge in [-0.1, -0.05) is 22.9 Å². The van der Waals surface area contributed by atoms with Crippen molar-refractivity contribution in [2.45, 2.75) is 13.0 Å². The summed E-state index contributed by atoms with van der Waals surface area (Å²) in [5.41, 5.74) is 0.920. The van der Waals surface area contributed by atoms with E-state index in [1.165, 1.54) is 30.1 Å². The number of esters is 1. The summed E-state index contributed by atoms with van der Waals surface area (Å²) in [7, 11) is 2.80. The number of nitrogens with zero attached hydrogens (tertiary/aromatic N) is 2. The summed E-state index contributed by atoms with van der Waals surface area (Å²) in [5, 5.41) is 0.441. The van der Waals surface area contributed by atoms with Crippen LogP contribution in [0.2, 0.25) is 5.02 Å². The third kappa shape index (κ3) is 4.09. The first-order valence-corrected chi connectivity index (χ1v) is 12.2. The Morgan fingerprint density at radius 1 is 1.38 bits per heavy atom. The van der Waals surface area contributed by atoms with Gasteiger partial charge in [0.1, 0.15) is 17.6 Å². The standard InChI is InChI=1S/C21H15BrClIN2O5S/c1-9-16(20(28)30-3)17(12-6-10(23)4-5-14(12)29-2)26-19(27)15(32-21(26)25-9)8-11-7-13(22)18(24)31-11/h4-8,17H,1-3H3/b15-8-/t17-/m0/s1. The fraction of sp³-hybridized carbons (Fsp3) is 0.190. The highest BCUT2D eigenvalue weighted by molar-refractivity contribution is 14.1. The number of carbonyl (C=O) groups is 1. The Hall–Kier alpha value is -1.89. The molecular formula is C21H15BrClIN2O5S. The van der Waals surface area contributed by atoms with Crippen LogP contribution in [0.4, 0.5) is 0 Å². The van der Waals surface area contributed by atoms with E-state index in [0.717, 1.165) is 4.47 Å². The second-order valence-corrected chi connectivity index (χ2v) is 10.0. The molecule has 7 nitrogen and oxygen atoms in total. The number of thiazole rings is 1. The number of ether oxygens (including phenoxy) is 2. The molecule has 1 aliphatic heterocycles. The second-order valence-electron chi connectivity index (χ2n) is 6.73. The van der Waals surface area contributed by atoms with Crippen LogP contribution in [-0.4, -0.2) is 24.8 Å². The average molecular weight is 650 g/mol. The number of halogens is 3. The predicted octanol–water partition coefficient (Wildman–Crippen LogP) is 4.03. The van der Waals surface area contributed by atoms with E-state index in [1.54, 1.807) is 37.3 Å². The van der Waals surface area contributed by atoms with Crippen LogP contribution in [0, 0.1) is 3.77 Å². The van der Waals surface area contributed by atoms with E-state index in [-0.39, 0.29) is 11.1 Å². The van der Waals surface area contributed by atoms with E-state index < -0.39 is 12.0 Å². The van der Waals surface area contributed by atoms with Gasteiger partial charge < -0.3 is 13.9 Å². The number of methoxy groups -OCH3 is 2. The maximum Gasteiger partial charge on any atom is 0.338 e. The fourth-order valence-electron chi connectivity index (χ4n) is 3.47. The molecule has 32 heavy (non-hydrogen) atoms. The molecule has 0 bridgehead atoms. The Balaban J connectivity index is 2.03. The van der Waals surface area contributed by atoms with Crippen molar-refractivity contribution in [2.24, 2.45) is 4.99 Å². The van der Waals surface area contributed by atoms with Crippen molar-refractivity contribution in [1.29, 1.82) is 0 Å². The first kappa shape index (κ1) is 23.3. The largest absolute Gasteiger partial charge is 0.496 e. The van der Waals surface area contributed by atoms with Crippen LogP contribution in [-0.2, 0) is 9.53 Å². The molecule has 166 valence electrons. The molecule has 0 N–H and O–H groups in total. The van der Waals surface area contributed by atoms with Gasteiger partial charge in [-0.25, -0.2) is 9.79 Å². The molecule has 2 aromatic heterocycles. The molecule has 0 unspecified atom stereocenters. The fourth-order valence-corrected chi connectivity index (χ4v) is 5.39. The van der Waals surface area contributed by atoms with E-state index in [2.05, 4.69) is 43.5 Å². The number of furan rings is 1. The molecular weight excluding hydrogens is 635 g/mol. The van der Waals surface area contributed by atoms with Gasteiger partial charge in [0.15, 0.2) is 8.57 Å². The molecule has 0 saturated carbocycles. The van der Waals surface area contributed by atoms with E-state index in [9.17, 15) is 9.59 Å². The van der Waals surface area contributed by atoms with E-state index in [1.807, 2.05) is 0 Å². The number of benzene rings is 1. The zero-order valence-electron chi connectivity index (χ0n) is 16.9. The number of rotatable bonds is 4. The quantitative estimate of drug-likeness (QED) is 0.315. The summed E-state index contributed by atoms with van der Waals surface area (Å²) >= 11 is 12.9. The van der Waals surface area contributed by atoms with Gasteiger partial charge >= 0.3 is 5.97 Å². The third-order valence-corrected chi connectivity index (χ3v) is 8.20. The van der Waals surface area contributed by atoms with Gasteiger partial charge in [0.2, 0.25) is 0 Å². The van der Waals surface area contributed by atoms with Crippen LogP contribution < -0.4 is 19.6 Å². The van der Waals surface area contributed by atoms with Gasteiger partial charge in [-0.2, -0.15) is 0 Å². The number of hydrogen-bond donors (Lipinski definition) is 0. The van der Waals surface area contributed by atoms with Crippen molar-refractivity contribution >= 4 is 73.5 Å². The molecule has 0 spiro atoms. The minimum Gasteiger partial charge on any atom is -0.496 e. The minimum atomic E-state index is -0.821. The van der Waals surface area contributed by atoms with Crippen LogP contribution in [0.1, 0.15) is 24.3 Å². The van der Waals surface area contributed by atoms with Crippen molar-refractivity contribution in [3.05, 3.63) is 79.8 Å². The lowest BCUT2D eigenvalue weighted by molar-refractivity contribution is -0.136. The summed E-state index contributed by atoms with van der Waals surface area (Å²) in [6.45, 7) is 1.71. The number of aromatic nitrogens is 1. The Kier molecular flexibility index (Phi) is 6.66. The molecule has 0 aliphatic carbocycles. The maximum atomic E-state index is 13.5. The van der Waals surface area contributed by atoms with Gasteiger partial charge in [0.25, 0.3) is 5.56 Å². The monoisotopic (exact) mass is 648 g/mol. The number of fused-ring (bicyclic) bond motifs is 1. The Bertz CT molecular complexity index is 1440. The Labute approximate surface area is 213 Å². The lowest BCUT2D eigenvalue weighted by Crippen LogP contribution is -2.40. The van der Waals surface area contributed by atoms with Crippen molar-refractivity contribution in [3.63, 3.8) is 0 Å². The number of allylic oxidation sites excluding steroid dienone is 1. The lowest BCUT2D eigenvalue weighted by atomic mass is 9.95. The van der Waals surface area contributed by atoms with Gasteiger partial charge in [0.05, 0.1) is 34.5 Å². The summed E-state index contributed by atoms with van der Waals surface area (Å²) in [5.74, 6) is 0.416. The van der Waals surface area contributed by atoms with Crippen LogP contribution in [0.5, 0.6) is 5.75 Å². The predicted molar refractivity (Wildman–Crippen MR) is 133 cm³/mol. The van der Waals surface area contributed by atoms with Gasteiger partial charge in [-0.15, -0.1) is 0 Å². The van der Waals surface area contributed by atoms with Crippen molar-refractivity contribution in [2.75, 3.05) is 14.2 Å². The molecule has 11 heteroatoms. The molecule has 0 fully saturated rings. The molecule has 1 atom stereocenters. The van der Waals surface area contributed by atoms with Crippen LogP contribution in [0.3, 0.4) is 0 Å². The molecule has 0 amide bonds. The SMILES string of the molecule is COC(=O)C1=C(C)N=c2s/c(=C\c3cc(Br)c(I)o3)c(=O)n2[C@H]1c1cc(Cl)ccc1OC. The maximum absolute atomic E-state index is 13.5. The van der Waals surface area contributed by atoms with Crippen LogP contribution in [0.25, 0.3) is 6.08 Å². The molecule has 0 radical (unpaired) electrons. The van der Waals surface area contributed by atoms with Gasteiger partial charge in [-0.3, -0.25) is 9.36 Å². The molecule has 1 aromatic carbocycles. The first-order valence-electron chi connectivity index (χ1n) is 9.14. The lowest BCUT2D eigenvalue weighted by Gasteiger charge is -2.25. The van der Waals surface area contributed by atoms with Gasteiger partial charge in [-0.05, 0) is 47.1 Å². The molecule has 1 aliphatic rings. The normalized spacial score (nSPS) is 16.1. The highest BCUT2D eigenvalue weighted by Crippen LogP contribution is 2.37. The van der Waals surface area contributed by atoms with E-state index >= 15 is 0 Å². The van der Waals surface area contributed by atoms with Crippen LogP contribution >= 0.6 is 61.5 Å². The number of carbonyl (C=O) groups excluding carboxylic acids is 1. The van der Waals surface area contributed by atoms with E-state index in [0.29, 0.717) is 40.9 Å². The summed E-state index contributed by atoms with van der Waals surface area (Å²) < 4.78 is 19.5. The van der Waals surface area contributed by atoms with Crippen molar-refractivity contribution < 1.29 is 18.7 Å². The Morgan fingerprint density at radius 3 is 2.75 bits per heavy atom. The average Bonchev–Trinajstić information content (AvgIpc) is 3.24. The molecule has 3 heterocycles. The molecule has 0 saturated heterocycles. The van der Waals surface area contributed by atoms with Crippen molar-refractivity contribution in [1.82, 2.24) is 4.57 Å². The van der Waals surface area contributed by atoms with E-state index in [4.69, 9.17) is 25.5 Å². The van der Waals surface area contributed by atoms with Crippen molar-refractivity contribution in [3.8, 4) is 5.75 Å². The minimum absolute atomic E-state index is 0.238. The molecule has 3 aromatic rings. The topological polar surface area (TPSA) is 83.0 Å². The van der Waals surface area contributed by atoms with Crippen LogP contribution in [0.15, 0.2) is 54.2 Å². The highest BCUT2D eigenvalue weighted by atomic mass is 127. The summed E-state index contributed by atoms with van der Waals surface area (Å²) in [6, 6.07) is 6.01. The second kappa shape index (κ2) is 9.16.